The zero-order chi connectivity index (χ0) is 34.8. The van der Waals surface area contributed by atoms with Crippen molar-refractivity contribution in [2.24, 2.45) is 5.41 Å². The van der Waals surface area contributed by atoms with Crippen LogP contribution in [0.2, 0.25) is 0 Å². The number of hydrogen-bond acceptors (Lipinski definition) is 6. The van der Waals surface area contributed by atoms with E-state index in [1.807, 2.05) is 72.8 Å². The number of aliphatic hydroxyl groups is 2. The molecule has 1 aliphatic heterocycles. The van der Waals surface area contributed by atoms with Crippen LogP contribution in [0.15, 0.2) is 84.4 Å². The van der Waals surface area contributed by atoms with E-state index >= 15 is 0 Å². The molecule has 8 heteroatoms. The molecule has 2 fully saturated rings. The molecule has 49 heavy (non-hydrogen) atoms. The lowest BCUT2D eigenvalue weighted by Crippen LogP contribution is -2.54. The predicted octanol–water partition coefficient (Wildman–Crippen LogP) is 7.06. The third-order valence-corrected chi connectivity index (χ3v) is 12.7. The summed E-state index contributed by atoms with van der Waals surface area (Å²) in [5.74, 6) is -0.303. The van der Waals surface area contributed by atoms with Gasteiger partial charge >= 0.3 is 0 Å². The number of ether oxygens (including phenoxy) is 1. The van der Waals surface area contributed by atoms with Crippen molar-refractivity contribution in [1.82, 2.24) is 4.31 Å². The Morgan fingerprint density at radius 3 is 2.47 bits per heavy atom. The number of allylic oxidation sites excluding steroid dienone is 2. The number of nitrogens with zero attached hydrogens (tertiary/aromatic N) is 1. The summed E-state index contributed by atoms with van der Waals surface area (Å²) in [7, 11) is -3.64. The molecular formula is C41H51NO6S. The minimum absolute atomic E-state index is 0.0220. The van der Waals surface area contributed by atoms with Crippen LogP contribution in [0.3, 0.4) is 0 Å². The maximum absolute atomic E-state index is 14.8. The molecule has 3 aliphatic carbocycles. The van der Waals surface area contributed by atoms with Crippen LogP contribution in [-0.4, -0.2) is 72.5 Å². The lowest BCUT2D eigenvalue weighted by Gasteiger charge is -2.46. The maximum Gasteiger partial charge on any atom is 0.211 e. The van der Waals surface area contributed by atoms with Crippen LogP contribution in [0.5, 0.6) is 0 Å². The Bertz CT molecular complexity index is 1780. The summed E-state index contributed by atoms with van der Waals surface area (Å²) in [6.45, 7) is 5.00. The van der Waals surface area contributed by atoms with Crippen LogP contribution in [0, 0.1) is 5.41 Å². The molecule has 1 saturated carbocycles. The second kappa shape index (κ2) is 14.6. The van der Waals surface area contributed by atoms with Crippen LogP contribution in [0.4, 0.5) is 0 Å². The van der Waals surface area contributed by atoms with Gasteiger partial charge < -0.3 is 14.9 Å². The molecule has 0 spiro atoms. The van der Waals surface area contributed by atoms with Gasteiger partial charge in [0.2, 0.25) is 10.0 Å². The van der Waals surface area contributed by atoms with Gasteiger partial charge in [0.05, 0.1) is 24.1 Å². The van der Waals surface area contributed by atoms with Crippen LogP contribution in [0.25, 0.3) is 11.1 Å². The molecule has 7 rings (SSSR count). The Labute approximate surface area is 292 Å². The molecular weight excluding hydrogens is 635 g/mol. The Hall–Kier alpha value is -3.14. The quantitative estimate of drug-likeness (QED) is 0.194. The van der Waals surface area contributed by atoms with Crippen molar-refractivity contribution in [2.45, 2.75) is 95.4 Å². The SMILES string of the molecule is CC1=CCC[C@@]2(C)[C@@H](CC[C@@]2(O)CN(C[C@H]2CCCO2)S(C)(=O)=O)c2ccc(cc2C(=O)c2ccccc2-c2ccccc2)C[C@@H](O)CC1. The molecule has 0 aromatic heterocycles. The Kier molecular flexibility index (Phi) is 10.6. The Balaban J connectivity index is 1.46. The number of sulfonamides is 1. The smallest absolute Gasteiger partial charge is 0.211 e. The summed E-state index contributed by atoms with van der Waals surface area (Å²) < 4.78 is 33.6. The largest absolute Gasteiger partial charge is 0.393 e. The van der Waals surface area contributed by atoms with E-state index < -0.39 is 27.1 Å². The monoisotopic (exact) mass is 685 g/mol. The molecule has 7 nitrogen and oxygen atoms in total. The molecule has 262 valence electrons. The Morgan fingerprint density at radius 2 is 1.73 bits per heavy atom. The molecule has 1 saturated heterocycles. The first-order valence-electron chi connectivity index (χ1n) is 17.8. The molecule has 4 aliphatic rings. The summed E-state index contributed by atoms with van der Waals surface area (Å²) in [4.78, 5) is 14.8. The van der Waals surface area contributed by atoms with Crippen molar-refractivity contribution in [1.29, 1.82) is 0 Å². The molecule has 0 amide bonds. The highest BCUT2D eigenvalue weighted by molar-refractivity contribution is 7.88. The summed E-state index contributed by atoms with van der Waals surface area (Å²) in [6, 6.07) is 23.6. The van der Waals surface area contributed by atoms with Gasteiger partial charge in [0.25, 0.3) is 0 Å². The van der Waals surface area contributed by atoms with Gasteiger partial charge in [0.15, 0.2) is 5.78 Å². The van der Waals surface area contributed by atoms with E-state index in [1.165, 1.54) is 16.1 Å². The summed E-state index contributed by atoms with van der Waals surface area (Å²) in [5.41, 5.74) is 3.85. The first-order valence-corrected chi connectivity index (χ1v) is 19.7. The van der Waals surface area contributed by atoms with E-state index in [9.17, 15) is 23.4 Å². The number of aliphatic hydroxyl groups excluding tert-OH is 1. The van der Waals surface area contributed by atoms with Crippen LogP contribution in [0.1, 0.15) is 98.2 Å². The number of rotatable bonds is 8. The number of fused-ring (bicyclic) bond motifs is 8. The summed E-state index contributed by atoms with van der Waals surface area (Å²) in [5, 5.41) is 23.8. The van der Waals surface area contributed by atoms with Gasteiger partial charge in [-0.25, -0.2) is 8.42 Å². The fraction of sp³-hybridized carbons (Fsp3) is 0.488. The molecule has 3 aromatic carbocycles. The average molecular weight is 686 g/mol. The summed E-state index contributed by atoms with van der Waals surface area (Å²) >= 11 is 0. The van der Waals surface area contributed by atoms with Crippen molar-refractivity contribution in [3.63, 3.8) is 0 Å². The minimum Gasteiger partial charge on any atom is -0.393 e. The van der Waals surface area contributed by atoms with Crippen molar-refractivity contribution in [3.8, 4) is 11.1 Å². The highest BCUT2D eigenvalue weighted by Crippen LogP contribution is 2.59. The van der Waals surface area contributed by atoms with Crippen LogP contribution >= 0.6 is 0 Å². The standard InChI is InChI=1S/C41H51NO6S/c1-29-11-9-22-40(2)38(21-23-41(40,45)28-42(49(3,46)47)27-33-14-10-24-48-33)35-20-18-30(25-32(43)19-17-29)26-37(35)39(44)36-16-8-7-15-34(36)31-12-5-4-6-13-31/h4-8,11-13,15-16,18,20,26,32-33,38,43,45H,9-10,14,17,19,21-25,27-28H2,1-3H3/t32-,33+,38-,40-,41+/m0/s1. The topological polar surface area (TPSA) is 104 Å². The van der Waals surface area contributed by atoms with Gasteiger partial charge in [0, 0.05) is 36.2 Å². The fourth-order valence-electron chi connectivity index (χ4n) is 8.52. The second-order valence-electron chi connectivity index (χ2n) is 14.9. The predicted molar refractivity (Wildman–Crippen MR) is 194 cm³/mol. The van der Waals surface area contributed by atoms with E-state index in [2.05, 4.69) is 19.9 Å². The fourth-order valence-corrected chi connectivity index (χ4v) is 9.40. The van der Waals surface area contributed by atoms with Gasteiger partial charge in [-0.15, -0.1) is 0 Å². The highest BCUT2D eigenvalue weighted by atomic mass is 32.2. The van der Waals surface area contributed by atoms with Gasteiger partial charge in [-0.2, -0.15) is 4.31 Å². The first-order chi connectivity index (χ1) is 23.4. The molecule has 2 N–H and O–H groups in total. The van der Waals surface area contributed by atoms with Gasteiger partial charge in [-0.05, 0) is 98.9 Å². The van der Waals surface area contributed by atoms with Crippen molar-refractivity contribution >= 4 is 15.8 Å². The maximum atomic E-state index is 14.8. The second-order valence-corrected chi connectivity index (χ2v) is 16.9. The van der Waals surface area contributed by atoms with E-state index in [0.717, 1.165) is 41.5 Å². The zero-order valence-corrected chi connectivity index (χ0v) is 29.9. The first kappa shape index (κ1) is 35.7. The van der Waals surface area contributed by atoms with E-state index in [4.69, 9.17) is 4.74 Å². The molecule has 0 radical (unpaired) electrons. The number of hydrogen-bond donors (Lipinski definition) is 2. The van der Waals surface area contributed by atoms with Crippen molar-refractivity contribution < 1.29 is 28.2 Å². The number of carbonyl (C=O) groups excluding carboxylic acids is 1. The van der Waals surface area contributed by atoms with Gasteiger partial charge in [0.1, 0.15) is 0 Å². The van der Waals surface area contributed by atoms with E-state index in [-0.39, 0.29) is 30.9 Å². The Morgan fingerprint density at radius 1 is 0.980 bits per heavy atom. The zero-order valence-electron chi connectivity index (χ0n) is 29.1. The van der Waals surface area contributed by atoms with E-state index in [0.29, 0.717) is 56.3 Å². The number of benzene rings is 3. The third-order valence-electron chi connectivity index (χ3n) is 11.5. The third kappa shape index (κ3) is 7.64. The number of carbonyl (C=O) groups is 1. The van der Waals surface area contributed by atoms with Crippen LogP contribution < -0.4 is 0 Å². The minimum atomic E-state index is -3.64. The van der Waals surface area contributed by atoms with Crippen molar-refractivity contribution in [3.05, 3.63) is 107 Å². The van der Waals surface area contributed by atoms with Crippen molar-refractivity contribution in [2.75, 3.05) is 26.0 Å². The summed E-state index contributed by atoms with van der Waals surface area (Å²) in [6.07, 6.45) is 8.51. The molecule has 2 bridgehead atoms. The van der Waals surface area contributed by atoms with Gasteiger partial charge in [-0.1, -0.05) is 85.3 Å². The average Bonchev–Trinajstić information content (AvgIpc) is 3.68. The highest BCUT2D eigenvalue weighted by Gasteiger charge is 2.58. The van der Waals surface area contributed by atoms with Gasteiger partial charge in [-0.3, -0.25) is 4.79 Å². The molecule has 5 atom stereocenters. The molecule has 1 heterocycles. The molecule has 3 aromatic rings. The normalized spacial score (nSPS) is 27.9. The van der Waals surface area contributed by atoms with E-state index in [1.54, 1.807) is 0 Å². The lowest BCUT2D eigenvalue weighted by atomic mass is 9.64. The lowest BCUT2D eigenvalue weighted by molar-refractivity contribution is -0.0753. The molecule has 0 unspecified atom stereocenters. The van der Waals surface area contributed by atoms with Crippen LogP contribution in [-0.2, 0) is 21.2 Å². The number of ketones is 1.